The van der Waals surface area contributed by atoms with E-state index in [-0.39, 0.29) is 29.1 Å². The third kappa shape index (κ3) is 2.57. The number of carbonyl (C=O) groups is 1. The van der Waals surface area contributed by atoms with E-state index in [9.17, 15) is 13.2 Å². The van der Waals surface area contributed by atoms with Gasteiger partial charge in [-0.1, -0.05) is 12.1 Å². The second-order valence-electron chi connectivity index (χ2n) is 6.06. The lowest BCUT2D eigenvalue weighted by atomic mass is 9.88. The van der Waals surface area contributed by atoms with E-state index in [1.807, 2.05) is 0 Å². The molecule has 1 saturated heterocycles. The molecular weight excluding hydrogens is 318 g/mol. The minimum Gasteiger partial charge on any atom is -0.463 e. The molecule has 2 aliphatic rings. The third-order valence-electron chi connectivity index (χ3n) is 4.54. The second kappa shape index (κ2) is 5.24. The highest BCUT2D eigenvalue weighted by Crippen LogP contribution is 2.27. The van der Waals surface area contributed by atoms with E-state index in [0.717, 1.165) is 6.42 Å². The van der Waals surface area contributed by atoms with Crippen LogP contribution in [0.15, 0.2) is 39.8 Å². The Labute approximate surface area is 133 Å². The molecule has 1 saturated carbocycles. The Morgan fingerprint density at radius 3 is 2.78 bits per heavy atom. The van der Waals surface area contributed by atoms with Gasteiger partial charge in [0.15, 0.2) is 0 Å². The zero-order chi connectivity index (χ0) is 16.0. The van der Waals surface area contributed by atoms with Gasteiger partial charge >= 0.3 is 6.03 Å². The number of carbonyl (C=O) groups excluding carboxylic acids is 1. The molecule has 2 heterocycles. The predicted octanol–water partition coefficient (Wildman–Crippen LogP) is 1.31. The fourth-order valence-electron chi connectivity index (χ4n) is 3.43. The van der Waals surface area contributed by atoms with Crippen LogP contribution in [0.3, 0.4) is 0 Å². The Balaban J connectivity index is 1.55. The van der Waals surface area contributed by atoms with Crippen LogP contribution in [0.5, 0.6) is 0 Å². The number of sulfonamides is 1. The zero-order valence-electron chi connectivity index (χ0n) is 12.3. The minimum atomic E-state index is -3.66. The summed E-state index contributed by atoms with van der Waals surface area (Å²) < 4.78 is 33.4. The first-order valence-corrected chi connectivity index (χ1v) is 9.07. The number of fused-ring (bicyclic) bond motifs is 2. The number of hydrogen-bond donors (Lipinski definition) is 3. The standard InChI is InChI=1S/C15H17N3O4S/c19-15-16-11-6-5-9(7-12(11)17-15)18-23(20,21)14-8-22-13-4-2-1-3-10(13)14/h1-4,8-9,11-12,18H,5-7H2,(H2,16,17,19). The Morgan fingerprint density at radius 2 is 1.91 bits per heavy atom. The van der Waals surface area contributed by atoms with Crippen molar-refractivity contribution in [3.8, 4) is 0 Å². The Bertz CT molecular complexity index is 860. The summed E-state index contributed by atoms with van der Waals surface area (Å²) in [6, 6.07) is 6.74. The van der Waals surface area contributed by atoms with Crippen LogP contribution in [-0.4, -0.2) is 32.6 Å². The van der Waals surface area contributed by atoms with Crippen molar-refractivity contribution in [2.75, 3.05) is 0 Å². The highest BCUT2D eigenvalue weighted by atomic mass is 32.2. The fraction of sp³-hybridized carbons (Fsp3) is 0.400. The molecule has 7 nitrogen and oxygen atoms in total. The van der Waals surface area contributed by atoms with Crippen LogP contribution in [0, 0.1) is 0 Å². The lowest BCUT2D eigenvalue weighted by molar-refractivity contribution is 0.247. The first kappa shape index (κ1) is 14.5. The van der Waals surface area contributed by atoms with Gasteiger partial charge in [-0.2, -0.15) is 0 Å². The molecule has 0 bridgehead atoms. The summed E-state index contributed by atoms with van der Waals surface area (Å²) in [7, 11) is -3.66. The SMILES string of the molecule is O=C1NC2CCC(NS(=O)(=O)c3coc4ccccc34)CC2N1. The quantitative estimate of drug-likeness (QED) is 0.787. The molecule has 0 radical (unpaired) electrons. The molecular formula is C15H17N3O4S. The second-order valence-corrected chi connectivity index (χ2v) is 7.74. The Kier molecular flexibility index (Phi) is 3.31. The van der Waals surface area contributed by atoms with Crippen molar-refractivity contribution in [3.05, 3.63) is 30.5 Å². The number of amides is 2. The maximum absolute atomic E-state index is 12.7. The van der Waals surface area contributed by atoms with Gasteiger partial charge in [0, 0.05) is 11.4 Å². The van der Waals surface area contributed by atoms with Crippen LogP contribution in [0.1, 0.15) is 19.3 Å². The maximum Gasteiger partial charge on any atom is 0.315 e. The van der Waals surface area contributed by atoms with E-state index < -0.39 is 10.0 Å². The van der Waals surface area contributed by atoms with E-state index in [0.29, 0.717) is 23.8 Å². The summed E-state index contributed by atoms with van der Waals surface area (Å²) >= 11 is 0. The van der Waals surface area contributed by atoms with Crippen LogP contribution in [-0.2, 0) is 10.0 Å². The molecule has 4 rings (SSSR count). The molecule has 3 atom stereocenters. The van der Waals surface area contributed by atoms with Crippen LogP contribution in [0.2, 0.25) is 0 Å². The molecule has 8 heteroatoms. The van der Waals surface area contributed by atoms with Crippen molar-refractivity contribution in [2.45, 2.75) is 42.3 Å². The van der Waals surface area contributed by atoms with Crippen molar-refractivity contribution in [1.29, 1.82) is 0 Å². The van der Waals surface area contributed by atoms with Crippen molar-refractivity contribution in [3.63, 3.8) is 0 Å². The van der Waals surface area contributed by atoms with Crippen molar-refractivity contribution >= 4 is 27.0 Å². The minimum absolute atomic E-state index is 0.0231. The normalized spacial score (nSPS) is 27.5. The first-order valence-electron chi connectivity index (χ1n) is 7.58. The molecule has 1 aromatic carbocycles. The largest absolute Gasteiger partial charge is 0.463 e. The van der Waals surface area contributed by atoms with Crippen molar-refractivity contribution < 1.29 is 17.6 Å². The average Bonchev–Trinajstić information content (AvgIpc) is 3.09. The number of hydrogen-bond acceptors (Lipinski definition) is 4. The van der Waals surface area contributed by atoms with Gasteiger partial charge in [-0.05, 0) is 31.4 Å². The predicted molar refractivity (Wildman–Crippen MR) is 83.4 cm³/mol. The highest BCUT2D eigenvalue weighted by Gasteiger charge is 2.38. The van der Waals surface area contributed by atoms with Gasteiger partial charge in [-0.3, -0.25) is 0 Å². The van der Waals surface area contributed by atoms with E-state index in [1.54, 1.807) is 24.3 Å². The van der Waals surface area contributed by atoms with Crippen LogP contribution >= 0.6 is 0 Å². The summed E-state index contributed by atoms with van der Waals surface area (Å²) in [5.41, 5.74) is 0.545. The van der Waals surface area contributed by atoms with Gasteiger partial charge in [0.05, 0.1) is 12.1 Å². The average molecular weight is 335 g/mol. The summed E-state index contributed by atoms with van der Waals surface area (Å²) in [6.45, 7) is 0. The molecule has 3 N–H and O–H groups in total. The van der Waals surface area contributed by atoms with Crippen LogP contribution in [0.4, 0.5) is 4.79 Å². The van der Waals surface area contributed by atoms with Gasteiger partial charge in [-0.15, -0.1) is 0 Å². The Morgan fingerprint density at radius 1 is 1.13 bits per heavy atom. The number of furan rings is 1. The van der Waals surface area contributed by atoms with Gasteiger partial charge in [0.2, 0.25) is 10.0 Å². The van der Waals surface area contributed by atoms with Crippen LogP contribution in [0.25, 0.3) is 11.0 Å². The molecule has 1 aliphatic heterocycles. The Hall–Kier alpha value is -2.06. The third-order valence-corrected chi connectivity index (χ3v) is 6.08. The maximum atomic E-state index is 12.7. The summed E-state index contributed by atoms with van der Waals surface area (Å²) in [5.74, 6) is 0. The monoisotopic (exact) mass is 335 g/mol. The summed E-state index contributed by atoms with van der Waals surface area (Å²) in [5, 5.41) is 6.25. The van der Waals surface area contributed by atoms with Crippen LogP contribution < -0.4 is 15.4 Å². The topological polar surface area (TPSA) is 100 Å². The molecule has 2 amide bonds. The van der Waals surface area contributed by atoms with Gasteiger partial charge < -0.3 is 15.1 Å². The van der Waals surface area contributed by atoms with Gasteiger partial charge in [-0.25, -0.2) is 17.9 Å². The molecule has 23 heavy (non-hydrogen) atoms. The van der Waals surface area contributed by atoms with Gasteiger partial charge in [0.25, 0.3) is 0 Å². The van der Waals surface area contributed by atoms with Crippen molar-refractivity contribution in [1.82, 2.24) is 15.4 Å². The number of urea groups is 1. The molecule has 1 aromatic heterocycles. The zero-order valence-corrected chi connectivity index (χ0v) is 13.1. The number of rotatable bonds is 3. The summed E-state index contributed by atoms with van der Waals surface area (Å²) in [4.78, 5) is 11.5. The van der Waals surface area contributed by atoms with E-state index in [1.165, 1.54) is 6.26 Å². The van der Waals surface area contributed by atoms with E-state index in [2.05, 4.69) is 15.4 Å². The fourth-order valence-corrected chi connectivity index (χ4v) is 4.85. The first-order chi connectivity index (χ1) is 11.0. The highest BCUT2D eigenvalue weighted by molar-refractivity contribution is 7.89. The van der Waals surface area contributed by atoms with Gasteiger partial charge in [0.1, 0.15) is 16.7 Å². The molecule has 0 spiro atoms. The number of para-hydroxylation sites is 1. The lowest BCUT2D eigenvalue weighted by Crippen LogP contribution is -2.47. The molecule has 2 aromatic rings. The number of nitrogens with one attached hydrogen (secondary N) is 3. The smallest absolute Gasteiger partial charge is 0.315 e. The molecule has 2 fully saturated rings. The van der Waals surface area contributed by atoms with E-state index >= 15 is 0 Å². The molecule has 1 aliphatic carbocycles. The lowest BCUT2D eigenvalue weighted by Gasteiger charge is -2.30. The molecule has 122 valence electrons. The summed E-state index contributed by atoms with van der Waals surface area (Å²) in [6.07, 6.45) is 3.30. The van der Waals surface area contributed by atoms with Crippen molar-refractivity contribution in [2.24, 2.45) is 0 Å². The number of benzene rings is 1. The van der Waals surface area contributed by atoms with E-state index in [4.69, 9.17) is 4.42 Å². The molecule has 3 unspecified atom stereocenters.